The van der Waals surface area contributed by atoms with Crippen LogP contribution in [0.15, 0.2) is 30.6 Å². The van der Waals surface area contributed by atoms with E-state index >= 15 is 0 Å². The van der Waals surface area contributed by atoms with Crippen LogP contribution < -0.4 is 16.0 Å². The standard InChI is InChI=1S/C24H29N9O2/c1-30-17-3-2-4-18(17)33-19(23(30)35)11-15-13-27-24(29-22(15)33)28-20-6-5-16(14-26-20)31-7-9-32(10-8-31)21(34)12-25/h5-6,11,13-14,17-18H,2-4,7-10,12,25H2,1H3,(H,26,27,28,29). The molecule has 35 heavy (non-hydrogen) atoms. The number of fused-ring (bicyclic) bond motifs is 5. The molecule has 2 amide bonds. The molecule has 182 valence electrons. The number of piperazine rings is 1. The number of amides is 2. The van der Waals surface area contributed by atoms with Crippen molar-refractivity contribution < 1.29 is 9.59 Å². The number of rotatable bonds is 4. The molecule has 0 radical (unpaired) electrons. The topological polar surface area (TPSA) is 126 Å². The zero-order valence-electron chi connectivity index (χ0n) is 19.7. The number of carbonyl (C=O) groups is 2. The Balaban J connectivity index is 1.20. The number of anilines is 3. The van der Waals surface area contributed by atoms with E-state index in [1.165, 1.54) is 0 Å². The van der Waals surface area contributed by atoms with Gasteiger partial charge in [-0.15, -0.1) is 0 Å². The van der Waals surface area contributed by atoms with Gasteiger partial charge in [0.15, 0.2) is 0 Å². The fourth-order valence-electron chi connectivity index (χ4n) is 5.68. The molecule has 0 spiro atoms. The highest BCUT2D eigenvalue weighted by atomic mass is 16.2. The average molecular weight is 476 g/mol. The molecule has 11 nitrogen and oxygen atoms in total. The molecule has 11 heteroatoms. The molecular formula is C24H29N9O2. The van der Waals surface area contributed by atoms with E-state index in [9.17, 15) is 9.59 Å². The Morgan fingerprint density at radius 3 is 2.66 bits per heavy atom. The van der Waals surface area contributed by atoms with Crippen LogP contribution in [-0.4, -0.2) is 86.9 Å². The summed E-state index contributed by atoms with van der Waals surface area (Å²) in [6.07, 6.45) is 6.76. The lowest BCUT2D eigenvalue weighted by Crippen LogP contribution is -2.50. The van der Waals surface area contributed by atoms with Crippen LogP contribution in [0.3, 0.4) is 0 Å². The summed E-state index contributed by atoms with van der Waals surface area (Å²) in [6.45, 7) is 2.86. The smallest absolute Gasteiger partial charge is 0.270 e. The Kier molecular flexibility index (Phi) is 5.28. The molecule has 3 N–H and O–H groups in total. The van der Waals surface area contributed by atoms with Gasteiger partial charge in [-0.1, -0.05) is 0 Å². The van der Waals surface area contributed by atoms with Gasteiger partial charge in [-0.3, -0.25) is 9.59 Å². The van der Waals surface area contributed by atoms with Gasteiger partial charge in [-0.05, 0) is 37.5 Å². The number of likely N-dealkylation sites (N-methyl/N-ethyl adjacent to an activating group) is 1. The van der Waals surface area contributed by atoms with Crippen molar-refractivity contribution in [1.29, 1.82) is 0 Å². The molecule has 6 rings (SSSR count). The van der Waals surface area contributed by atoms with Crippen LogP contribution in [0, 0.1) is 0 Å². The summed E-state index contributed by atoms with van der Waals surface area (Å²) in [7, 11) is 1.90. The van der Waals surface area contributed by atoms with E-state index in [1.807, 2.05) is 36.3 Å². The van der Waals surface area contributed by atoms with E-state index in [4.69, 9.17) is 10.7 Å². The van der Waals surface area contributed by atoms with Crippen LogP contribution in [-0.2, 0) is 4.79 Å². The Hall–Kier alpha value is -3.73. The molecule has 3 aromatic heterocycles. The molecule has 2 aliphatic heterocycles. The minimum atomic E-state index is -0.0108. The predicted molar refractivity (Wildman–Crippen MR) is 132 cm³/mol. The van der Waals surface area contributed by atoms with Crippen molar-refractivity contribution in [3.05, 3.63) is 36.3 Å². The lowest BCUT2D eigenvalue weighted by atomic mass is 10.1. The van der Waals surface area contributed by atoms with Crippen molar-refractivity contribution in [3.8, 4) is 0 Å². The maximum Gasteiger partial charge on any atom is 0.270 e. The second kappa shape index (κ2) is 8.49. The molecule has 2 atom stereocenters. The molecule has 1 aliphatic carbocycles. The number of carbonyl (C=O) groups excluding carboxylic acids is 2. The number of nitrogens with two attached hydrogens (primary N) is 1. The number of nitrogens with one attached hydrogen (secondary N) is 1. The van der Waals surface area contributed by atoms with Crippen molar-refractivity contribution >= 4 is 40.3 Å². The minimum absolute atomic E-state index is 0.0108. The van der Waals surface area contributed by atoms with Crippen molar-refractivity contribution in [2.45, 2.75) is 31.3 Å². The van der Waals surface area contributed by atoms with Crippen molar-refractivity contribution in [3.63, 3.8) is 0 Å². The molecule has 3 aliphatic rings. The Morgan fingerprint density at radius 2 is 1.91 bits per heavy atom. The van der Waals surface area contributed by atoms with Gasteiger partial charge >= 0.3 is 0 Å². The summed E-state index contributed by atoms with van der Waals surface area (Å²) in [5.74, 6) is 1.13. The van der Waals surface area contributed by atoms with Crippen molar-refractivity contribution in [2.24, 2.45) is 5.73 Å². The number of pyridine rings is 1. The molecule has 5 heterocycles. The average Bonchev–Trinajstić information content (AvgIpc) is 3.52. The fourth-order valence-corrected chi connectivity index (χ4v) is 5.68. The van der Waals surface area contributed by atoms with E-state index in [2.05, 4.69) is 24.8 Å². The summed E-state index contributed by atoms with van der Waals surface area (Å²) >= 11 is 0. The van der Waals surface area contributed by atoms with E-state index in [1.54, 1.807) is 11.1 Å². The van der Waals surface area contributed by atoms with Crippen molar-refractivity contribution in [1.82, 2.24) is 29.3 Å². The zero-order valence-corrected chi connectivity index (χ0v) is 19.7. The zero-order chi connectivity index (χ0) is 24.1. The molecular weight excluding hydrogens is 446 g/mol. The highest BCUT2D eigenvalue weighted by Gasteiger charge is 2.41. The first-order chi connectivity index (χ1) is 17.0. The van der Waals surface area contributed by atoms with Gasteiger partial charge in [0.05, 0.1) is 30.5 Å². The van der Waals surface area contributed by atoms with E-state index in [0.717, 1.165) is 49.1 Å². The quantitative estimate of drug-likeness (QED) is 0.579. The normalized spacial score (nSPS) is 21.9. The highest BCUT2D eigenvalue weighted by Crippen LogP contribution is 2.41. The first-order valence-corrected chi connectivity index (χ1v) is 12.1. The lowest BCUT2D eigenvalue weighted by molar-refractivity contribution is -0.129. The first-order valence-electron chi connectivity index (χ1n) is 12.1. The Bertz CT molecular complexity index is 1280. The number of hydrogen-bond acceptors (Lipinski definition) is 8. The summed E-state index contributed by atoms with van der Waals surface area (Å²) < 4.78 is 2.12. The summed E-state index contributed by atoms with van der Waals surface area (Å²) in [5.41, 5.74) is 7.95. The molecule has 1 saturated carbocycles. The molecule has 0 bridgehead atoms. The predicted octanol–water partition coefficient (Wildman–Crippen LogP) is 1.36. The van der Waals surface area contributed by atoms with E-state index < -0.39 is 0 Å². The second-order valence-corrected chi connectivity index (χ2v) is 9.45. The van der Waals surface area contributed by atoms with E-state index in [-0.39, 0.29) is 30.4 Å². The SMILES string of the molecule is CN1C(=O)c2cc3cnc(Nc4ccc(N5CCN(C(=O)CN)CC5)cn4)nc3n2C2CCCC21. The summed E-state index contributed by atoms with van der Waals surface area (Å²) in [5, 5.41) is 4.08. The molecule has 3 aromatic rings. The van der Waals surface area contributed by atoms with Gasteiger partial charge < -0.3 is 30.3 Å². The molecule has 1 saturated heterocycles. The second-order valence-electron chi connectivity index (χ2n) is 9.45. The van der Waals surface area contributed by atoms with Gasteiger partial charge in [-0.25, -0.2) is 9.97 Å². The fraction of sp³-hybridized carbons (Fsp3) is 0.458. The van der Waals surface area contributed by atoms with Crippen molar-refractivity contribution in [2.75, 3.05) is 50.0 Å². The number of nitrogens with zero attached hydrogens (tertiary/aromatic N) is 7. The van der Waals surface area contributed by atoms with E-state index in [0.29, 0.717) is 30.5 Å². The van der Waals surface area contributed by atoms with Crippen LogP contribution in [0.1, 0.15) is 35.8 Å². The highest BCUT2D eigenvalue weighted by molar-refractivity contribution is 5.99. The molecule has 2 unspecified atom stereocenters. The number of aromatic nitrogens is 4. The largest absolute Gasteiger partial charge is 0.367 e. The van der Waals surface area contributed by atoms with Gasteiger partial charge in [0, 0.05) is 44.8 Å². The van der Waals surface area contributed by atoms with Crippen LogP contribution in [0.5, 0.6) is 0 Å². The third kappa shape index (κ3) is 3.66. The number of hydrogen-bond donors (Lipinski definition) is 2. The van der Waals surface area contributed by atoms with Crippen LogP contribution in [0.2, 0.25) is 0 Å². The third-order valence-electron chi connectivity index (χ3n) is 7.55. The summed E-state index contributed by atoms with van der Waals surface area (Å²) in [6, 6.07) is 6.29. The Morgan fingerprint density at radius 1 is 1.11 bits per heavy atom. The Labute approximate surface area is 202 Å². The molecule has 0 aromatic carbocycles. The van der Waals surface area contributed by atoms with Gasteiger partial charge in [-0.2, -0.15) is 4.98 Å². The lowest BCUT2D eigenvalue weighted by Gasteiger charge is -2.36. The first kappa shape index (κ1) is 21.8. The third-order valence-corrected chi connectivity index (χ3v) is 7.55. The van der Waals surface area contributed by atoms with Crippen LogP contribution >= 0.6 is 0 Å². The van der Waals surface area contributed by atoms with Gasteiger partial charge in [0.1, 0.15) is 17.2 Å². The maximum atomic E-state index is 12.9. The van der Waals surface area contributed by atoms with Gasteiger partial charge in [0.2, 0.25) is 11.9 Å². The minimum Gasteiger partial charge on any atom is -0.367 e. The van der Waals surface area contributed by atoms with Gasteiger partial charge in [0.25, 0.3) is 5.91 Å². The maximum absolute atomic E-state index is 12.9. The monoisotopic (exact) mass is 475 g/mol. The summed E-state index contributed by atoms with van der Waals surface area (Å²) in [4.78, 5) is 44.4. The van der Waals surface area contributed by atoms with Crippen LogP contribution in [0.25, 0.3) is 11.0 Å². The molecule has 2 fully saturated rings. The van der Waals surface area contributed by atoms with Crippen LogP contribution in [0.4, 0.5) is 17.5 Å².